The normalized spacial score (nSPS) is 12.6. The Morgan fingerprint density at radius 2 is 1.83 bits per heavy atom. The second-order valence-corrected chi connectivity index (χ2v) is 6.94. The van der Waals surface area contributed by atoms with Gasteiger partial charge in [0.1, 0.15) is 5.01 Å². The highest BCUT2D eigenvalue weighted by molar-refractivity contribution is 7.09. The molecule has 104 valence electrons. The van der Waals surface area contributed by atoms with Gasteiger partial charge in [-0.15, -0.1) is 11.3 Å². The van der Waals surface area contributed by atoms with Gasteiger partial charge in [0, 0.05) is 11.6 Å². The first-order valence-electron chi connectivity index (χ1n) is 7.15. The Hall–Kier alpha value is -0.410. The monoisotopic (exact) mass is 268 g/mol. The van der Waals surface area contributed by atoms with Crippen molar-refractivity contribution in [1.29, 1.82) is 0 Å². The zero-order chi connectivity index (χ0) is 13.6. The van der Waals surface area contributed by atoms with Crippen molar-refractivity contribution < 1.29 is 0 Å². The van der Waals surface area contributed by atoms with E-state index < -0.39 is 0 Å². The molecule has 0 saturated carbocycles. The lowest BCUT2D eigenvalue weighted by atomic mass is 9.82. The Morgan fingerprint density at radius 1 is 1.22 bits per heavy atom. The van der Waals surface area contributed by atoms with Crippen LogP contribution in [-0.2, 0) is 5.54 Å². The quantitative estimate of drug-likeness (QED) is 0.754. The van der Waals surface area contributed by atoms with Crippen LogP contribution in [0, 0.1) is 11.8 Å². The maximum Gasteiger partial charge on any atom is 0.113 e. The summed E-state index contributed by atoms with van der Waals surface area (Å²) in [5.41, 5.74) is 0.0759. The van der Waals surface area contributed by atoms with Crippen molar-refractivity contribution in [2.24, 2.45) is 11.8 Å². The van der Waals surface area contributed by atoms with E-state index >= 15 is 0 Å². The lowest BCUT2D eigenvalue weighted by molar-refractivity contribution is 0.224. The Bertz CT molecular complexity index is 307. The second kappa shape index (κ2) is 7.25. The van der Waals surface area contributed by atoms with Crippen LogP contribution in [0.15, 0.2) is 11.6 Å². The fourth-order valence-electron chi connectivity index (χ4n) is 2.70. The van der Waals surface area contributed by atoms with E-state index in [4.69, 9.17) is 0 Å². The molecule has 0 spiro atoms. The minimum Gasteiger partial charge on any atom is -0.305 e. The number of nitrogens with zero attached hydrogens (tertiary/aromatic N) is 1. The molecule has 18 heavy (non-hydrogen) atoms. The van der Waals surface area contributed by atoms with E-state index in [1.165, 1.54) is 24.3 Å². The van der Waals surface area contributed by atoms with Crippen molar-refractivity contribution in [2.45, 2.75) is 59.4 Å². The third kappa shape index (κ3) is 4.36. The molecule has 0 aliphatic carbocycles. The average molecular weight is 268 g/mol. The van der Waals surface area contributed by atoms with Gasteiger partial charge in [-0.2, -0.15) is 0 Å². The van der Waals surface area contributed by atoms with Crippen molar-refractivity contribution in [3.8, 4) is 0 Å². The largest absolute Gasteiger partial charge is 0.305 e. The molecule has 3 heteroatoms. The summed E-state index contributed by atoms with van der Waals surface area (Å²) in [6.07, 6.45) is 5.43. The lowest BCUT2D eigenvalue weighted by Gasteiger charge is -2.36. The van der Waals surface area contributed by atoms with E-state index in [1.54, 1.807) is 11.3 Å². The lowest BCUT2D eigenvalue weighted by Crippen LogP contribution is -2.45. The second-order valence-electron chi connectivity index (χ2n) is 6.04. The minimum absolute atomic E-state index is 0.0759. The number of hydrogen-bond acceptors (Lipinski definition) is 3. The van der Waals surface area contributed by atoms with Gasteiger partial charge in [-0.05, 0) is 37.6 Å². The molecular formula is C15H28N2S. The van der Waals surface area contributed by atoms with Crippen LogP contribution in [0.2, 0.25) is 0 Å². The van der Waals surface area contributed by atoms with Crippen molar-refractivity contribution in [3.05, 3.63) is 16.6 Å². The highest BCUT2D eigenvalue weighted by Crippen LogP contribution is 2.36. The van der Waals surface area contributed by atoms with E-state index in [0.29, 0.717) is 11.8 Å². The van der Waals surface area contributed by atoms with E-state index in [-0.39, 0.29) is 5.54 Å². The average Bonchev–Trinajstić information content (AvgIpc) is 2.78. The van der Waals surface area contributed by atoms with Crippen molar-refractivity contribution in [2.75, 3.05) is 6.54 Å². The van der Waals surface area contributed by atoms with Gasteiger partial charge in [0.15, 0.2) is 0 Å². The molecule has 0 unspecified atom stereocenters. The smallest absolute Gasteiger partial charge is 0.113 e. The SMILES string of the molecule is CCCNC(CC(C)C)(CC(C)C)c1nccs1. The number of nitrogens with one attached hydrogen (secondary N) is 1. The van der Waals surface area contributed by atoms with Crippen LogP contribution >= 0.6 is 11.3 Å². The first-order chi connectivity index (χ1) is 8.50. The molecule has 0 amide bonds. The summed E-state index contributed by atoms with van der Waals surface area (Å²) in [5.74, 6) is 1.36. The Balaban J connectivity index is 2.99. The van der Waals surface area contributed by atoms with E-state index in [1.807, 2.05) is 6.20 Å². The number of hydrogen-bond donors (Lipinski definition) is 1. The van der Waals surface area contributed by atoms with Crippen LogP contribution in [0.3, 0.4) is 0 Å². The molecule has 0 fully saturated rings. The fraction of sp³-hybridized carbons (Fsp3) is 0.800. The molecule has 0 bridgehead atoms. The van der Waals surface area contributed by atoms with Gasteiger partial charge in [-0.3, -0.25) is 0 Å². The van der Waals surface area contributed by atoms with Crippen LogP contribution < -0.4 is 5.32 Å². The molecule has 1 N–H and O–H groups in total. The van der Waals surface area contributed by atoms with Gasteiger partial charge >= 0.3 is 0 Å². The Labute approximate surface area is 116 Å². The minimum atomic E-state index is 0.0759. The molecular weight excluding hydrogens is 240 g/mol. The Kier molecular flexibility index (Phi) is 6.30. The van der Waals surface area contributed by atoms with Gasteiger partial charge in [0.05, 0.1) is 5.54 Å². The predicted molar refractivity (Wildman–Crippen MR) is 81.0 cm³/mol. The van der Waals surface area contributed by atoms with E-state index in [0.717, 1.165) is 6.54 Å². The van der Waals surface area contributed by atoms with Crippen LogP contribution in [-0.4, -0.2) is 11.5 Å². The molecule has 0 aromatic carbocycles. The summed E-state index contributed by atoms with van der Waals surface area (Å²) in [4.78, 5) is 4.60. The summed E-state index contributed by atoms with van der Waals surface area (Å²) >= 11 is 1.79. The summed E-state index contributed by atoms with van der Waals surface area (Å²) in [7, 11) is 0. The number of aromatic nitrogens is 1. The molecule has 1 heterocycles. The van der Waals surface area contributed by atoms with E-state index in [2.05, 4.69) is 50.3 Å². The number of thiazole rings is 1. The van der Waals surface area contributed by atoms with Gasteiger partial charge in [0.25, 0.3) is 0 Å². The molecule has 0 atom stereocenters. The van der Waals surface area contributed by atoms with Crippen LogP contribution in [0.5, 0.6) is 0 Å². The van der Waals surface area contributed by atoms with Crippen molar-refractivity contribution in [1.82, 2.24) is 10.3 Å². The first kappa shape index (κ1) is 15.6. The fourth-order valence-corrected chi connectivity index (χ4v) is 3.53. The summed E-state index contributed by atoms with van der Waals surface area (Å²) < 4.78 is 0. The maximum atomic E-state index is 4.60. The molecule has 0 aliphatic heterocycles. The summed E-state index contributed by atoms with van der Waals surface area (Å²) in [6, 6.07) is 0. The van der Waals surface area contributed by atoms with Gasteiger partial charge < -0.3 is 5.32 Å². The maximum absolute atomic E-state index is 4.60. The molecule has 0 radical (unpaired) electrons. The summed E-state index contributed by atoms with van der Waals surface area (Å²) in [6.45, 7) is 12.5. The molecule has 0 aliphatic rings. The van der Waals surface area contributed by atoms with Crippen molar-refractivity contribution >= 4 is 11.3 Å². The van der Waals surface area contributed by atoms with Gasteiger partial charge in [0.2, 0.25) is 0 Å². The van der Waals surface area contributed by atoms with Crippen LogP contribution in [0.1, 0.15) is 58.9 Å². The molecule has 1 aromatic heterocycles. The highest BCUT2D eigenvalue weighted by atomic mass is 32.1. The topological polar surface area (TPSA) is 24.9 Å². The Morgan fingerprint density at radius 3 is 2.22 bits per heavy atom. The zero-order valence-corrected chi connectivity index (χ0v) is 13.3. The zero-order valence-electron chi connectivity index (χ0n) is 12.5. The van der Waals surface area contributed by atoms with Gasteiger partial charge in [-0.25, -0.2) is 4.98 Å². The first-order valence-corrected chi connectivity index (χ1v) is 8.03. The summed E-state index contributed by atoms with van der Waals surface area (Å²) in [5, 5.41) is 7.15. The third-order valence-electron chi connectivity index (χ3n) is 3.07. The van der Waals surface area contributed by atoms with Crippen LogP contribution in [0.4, 0.5) is 0 Å². The molecule has 2 nitrogen and oxygen atoms in total. The molecule has 1 aromatic rings. The molecule has 0 saturated heterocycles. The van der Waals surface area contributed by atoms with Crippen molar-refractivity contribution in [3.63, 3.8) is 0 Å². The van der Waals surface area contributed by atoms with Crippen LogP contribution in [0.25, 0.3) is 0 Å². The number of rotatable bonds is 8. The predicted octanol–water partition coefficient (Wildman–Crippen LogP) is 4.43. The van der Waals surface area contributed by atoms with E-state index in [9.17, 15) is 0 Å². The standard InChI is InChI=1S/C15H28N2S/c1-6-7-17-15(10-12(2)3,11-13(4)5)14-16-8-9-18-14/h8-9,12-13,17H,6-7,10-11H2,1-5H3. The molecule has 1 rings (SSSR count). The highest BCUT2D eigenvalue weighted by Gasteiger charge is 2.35. The third-order valence-corrected chi connectivity index (χ3v) is 4.05. The van der Waals surface area contributed by atoms with Gasteiger partial charge in [-0.1, -0.05) is 34.6 Å².